The van der Waals surface area contributed by atoms with E-state index in [4.69, 9.17) is 0 Å². The summed E-state index contributed by atoms with van der Waals surface area (Å²) in [6.07, 6.45) is 4.17. The van der Waals surface area contributed by atoms with Gasteiger partial charge in [-0.25, -0.2) is 8.42 Å². The molecular formula is C19H30N2O3S. The van der Waals surface area contributed by atoms with Gasteiger partial charge in [-0.05, 0) is 36.6 Å². The van der Waals surface area contributed by atoms with Crippen molar-refractivity contribution in [1.29, 1.82) is 0 Å². The predicted octanol–water partition coefficient (Wildman–Crippen LogP) is 3.28. The molecule has 0 heterocycles. The minimum atomic E-state index is -3.45. The van der Waals surface area contributed by atoms with Crippen LogP contribution in [0.5, 0.6) is 0 Å². The van der Waals surface area contributed by atoms with Crippen molar-refractivity contribution in [2.45, 2.75) is 52.0 Å². The van der Waals surface area contributed by atoms with E-state index in [0.29, 0.717) is 19.0 Å². The first-order valence-electron chi connectivity index (χ1n) is 8.84. The van der Waals surface area contributed by atoms with E-state index >= 15 is 0 Å². The lowest BCUT2D eigenvalue weighted by Gasteiger charge is -2.18. The normalized spacial score (nSPS) is 14.6. The summed E-state index contributed by atoms with van der Waals surface area (Å²) >= 11 is 0. The van der Waals surface area contributed by atoms with Gasteiger partial charge in [0.25, 0.3) is 0 Å². The van der Waals surface area contributed by atoms with Crippen molar-refractivity contribution in [3.05, 3.63) is 35.9 Å². The first-order valence-corrected chi connectivity index (χ1v) is 10.3. The fourth-order valence-corrected chi connectivity index (χ4v) is 3.86. The summed E-state index contributed by atoms with van der Waals surface area (Å²) in [5.41, 5.74) is 0.782. The van der Waals surface area contributed by atoms with E-state index in [0.717, 1.165) is 12.0 Å². The standard InChI is InChI=1S/C19H30N2O3S/c1-6-15(4)16(5)20-19(22)14-11-17-9-12-18(13-10-17)25(23,24)21(7-2)8-3/h9-16H,6-8H2,1-5H3,(H,20,22)/b14-11+/t15-,16+/m0/s1. The molecule has 0 bridgehead atoms. The summed E-state index contributed by atoms with van der Waals surface area (Å²) in [6, 6.07) is 6.68. The van der Waals surface area contributed by atoms with E-state index in [1.54, 1.807) is 30.3 Å². The second kappa shape index (κ2) is 9.73. The molecule has 0 aromatic heterocycles. The van der Waals surface area contributed by atoms with Gasteiger partial charge >= 0.3 is 0 Å². The summed E-state index contributed by atoms with van der Waals surface area (Å²) in [5, 5.41) is 2.94. The molecule has 0 fully saturated rings. The zero-order valence-corrected chi connectivity index (χ0v) is 16.6. The van der Waals surface area contributed by atoms with Crippen LogP contribution in [0.25, 0.3) is 6.08 Å². The van der Waals surface area contributed by atoms with Crippen molar-refractivity contribution >= 4 is 22.0 Å². The van der Waals surface area contributed by atoms with Crippen LogP contribution in [0, 0.1) is 5.92 Å². The Hall–Kier alpha value is -1.66. The van der Waals surface area contributed by atoms with Gasteiger partial charge in [-0.1, -0.05) is 46.2 Å². The van der Waals surface area contributed by atoms with Gasteiger partial charge in [0.05, 0.1) is 4.90 Å². The number of carbonyl (C=O) groups is 1. The van der Waals surface area contributed by atoms with E-state index in [-0.39, 0.29) is 16.8 Å². The SMILES string of the molecule is CC[C@H](C)[C@@H](C)NC(=O)/C=C/c1ccc(S(=O)(=O)N(CC)CC)cc1. The number of rotatable bonds is 9. The van der Waals surface area contributed by atoms with E-state index in [2.05, 4.69) is 19.2 Å². The molecule has 140 valence electrons. The molecule has 0 saturated carbocycles. The van der Waals surface area contributed by atoms with Gasteiger partial charge in [-0.15, -0.1) is 0 Å². The van der Waals surface area contributed by atoms with Crippen LogP contribution < -0.4 is 5.32 Å². The van der Waals surface area contributed by atoms with Crippen molar-refractivity contribution in [3.8, 4) is 0 Å². The van der Waals surface area contributed by atoms with Crippen LogP contribution in [-0.2, 0) is 14.8 Å². The van der Waals surface area contributed by atoms with E-state index in [1.807, 2.05) is 20.8 Å². The molecule has 1 amide bonds. The van der Waals surface area contributed by atoms with Crippen LogP contribution in [0.3, 0.4) is 0 Å². The maximum Gasteiger partial charge on any atom is 0.244 e. The van der Waals surface area contributed by atoms with Gasteiger partial charge in [0, 0.05) is 25.2 Å². The number of nitrogens with zero attached hydrogens (tertiary/aromatic N) is 1. The monoisotopic (exact) mass is 366 g/mol. The Morgan fingerprint density at radius 2 is 1.68 bits per heavy atom. The maximum absolute atomic E-state index is 12.4. The number of benzene rings is 1. The van der Waals surface area contributed by atoms with Crippen LogP contribution in [0.1, 0.15) is 46.6 Å². The molecule has 1 aromatic rings. The highest BCUT2D eigenvalue weighted by molar-refractivity contribution is 7.89. The quantitative estimate of drug-likeness (QED) is 0.682. The van der Waals surface area contributed by atoms with E-state index in [1.165, 1.54) is 10.4 Å². The first-order chi connectivity index (χ1) is 11.8. The molecule has 1 N–H and O–H groups in total. The Morgan fingerprint density at radius 1 is 1.12 bits per heavy atom. The number of amides is 1. The summed E-state index contributed by atoms with van der Waals surface area (Å²) in [6.45, 7) is 10.7. The summed E-state index contributed by atoms with van der Waals surface area (Å²) in [4.78, 5) is 12.2. The van der Waals surface area contributed by atoms with E-state index < -0.39 is 10.0 Å². The molecular weight excluding hydrogens is 336 g/mol. The summed E-state index contributed by atoms with van der Waals surface area (Å²) in [7, 11) is -3.45. The number of sulfonamides is 1. The third kappa shape index (κ3) is 5.97. The Kier molecular flexibility index (Phi) is 8.32. The van der Waals surface area contributed by atoms with Gasteiger partial charge in [-0.3, -0.25) is 4.79 Å². The number of carbonyl (C=O) groups excluding carboxylic acids is 1. The lowest BCUT2D eigenvalue weighted by Crippen LogP contribution is -2.35. The second-order valence-corrected chi connectivity index (χ2v) is 8.11. The average molecular weight is 367 g/mol. The van der Waals surface area contributed by atoms with Crippen LogP contribution in [0.4, 0.5) is 0 Å². The molecule has 1 aromatic carbocycles. The Bertz CT molecular complexity index is 677. The van der Waals surface area contributed by atoms with Crippen LogP contribution >= 0.6 is 0 Å². The maximum atomic E-state index is 12.4. The molecule has 0 saturated heterocycles. The molecule has 25 heavy (non-hydrogen) atoms. The van der Waals surface area contributed by atoms with Crippen molar-refractivity contribution in [2.75, 3.05) is 13.1 Å². The lowest BCUT2D eigenvalue weighted by molar-refractivity contribution is -0.117. The molecule has 6 heteroatoms. The fourth-order valence-electron chi connectivity index (χ4n) is 2.40. The van der Waals surface area contributed by atoms with Gasteiger partial charge in [0.2, 0.25) is 15.9 Å². The van der Waals surface area contributed by atoms with Gasteiger partial charge in [0.15, 0.2) is 0 Å². The molecule has 0 radical (unpaired) electrons. The minimum Gasteiger partial charge on any atom is -0.350 e. The Balaban J connectivity index is 2.79. The molecule has 0 aliphatic heterocycles. The van der Waals surface area contributed by atoms with Gasteiger partial charge in [0.1, 0.15) is 0 Å². The van der Waals surface area contributed by atoms with Crippen LogP contribution in [0.2, 0.25) is 0 Å². The zero-order valence-electron chi connectivity index (χ0n) is 15.8. The number of hydrogen-bond donors (Lipinski definition) is 1. The van der Waals surface area contributed by atoms with Crippen LogP contribution in [0.15, 0.2) is 35.2 Å². The number of hydrogen-bond acceptors (Lipinski definition) is 3. The molecule has 0 spiro atoms. The van der Waals surface area contributed by atoms with Crippen molar-refractivity contribution in [2.24, 2.45) is 5.92 Å². The van der Waals surface area contributed by atoms with Crippen molar-refractivity contribution in [1.82, 2.24) is 9.62 Å². The number of nitrogens with one attached hydrogen (secondary N) is 1. The second-order valence-electron chi connectivity index (χ2n) is 6.17. The van der Waals surface area contributed by atoms with Gasteiger partial charge < -0.3 is 5.32 Å². The lowest BCUT2D eigenvalue weighted by atomic mass is 10.0. The first kappa shape index (κ1) is 21.4. The van der Waals surface area contributed by atoms with Gasteiger partial charge in [-0.2, -0.15) is 4.31 Å². The summed E-state index contributed by atoms with van der Waals surface area (Å²) < 4.78 is 26.3. The molecule has 0 aliphatic carbocycles. The zero-order chi connectivity index (χ0) is 19.0. The predicted molar refractivity (Wildman–Crippen MR) is 103 cm³/mol. The molecule has 0 aliphatic rings. The fraction of sp³-hybridized carbons (Fsp3) is 0.526. The molecule has 2 atom stereocenters. The minimum absolute atomic E-state index is 0.115. The highest BCUT2D eigenvalue weighted by atomic mass is 32.2. The molecule has 5 nitrogen and oxygen atoms in total. The Labute approximate surface area is 152 Å². The topological polar surface area (TPSA) is 66.5 Å². The third-order valence-corrected chi connectivity index (χ3v) is 6.58. The molecule has 1 rings (SSSR count). The molecule has 0 unspecified atom stereocenters. The largest absolute Gasteiger partial charge is 0.350 e. The third-order valence-electron chi connectivity index (χ3n) is 4.52. The average Bonchev–Trinajstić information content (AvgIpc) is 2.60. The smallest absolute Gasteiger partial charge is 0.244 e. The van der Waals surface area contributed by atoms with E-state index in [9.17, 15) is 13.2 Å². The summed E-state index contributed by atoms with van der Waals surface area (Å²) in [5.74, 6) is 0.273. The Morgan fingerprint density at radius 3 is 2.16 bits per heavy atom. The highest BCUT2D eigenvalue weighted by Gasteiger charge is 2.20. The van der Waals surface area contributed by atoms with Crippen LogP contribution in [-0.4, -0.2) is 37.8 Å². The van der Waals surface area contributed by atoms with Crippen molar-refractivity contribution < 1.29 is 13.2 Å². The highest BCUT2D eigenvalue weighted by Crippen LogP contribution is 2.16. The van der Waals surface area contributed by atoms with Crippen molar-refractivity contribution in [3.63, 3.8) is 0 Å².